The first-order valence-electron chi connectivity index (χ1n) is 8.17. The van der Waals surface area contributed by atoms with Gasteiger partial charge in [-0.05, 0) is 25.3 Å². The van der Waals surface area contributed by atoms with Crippen molar-refractivity contribution in [3.05, 3.63) is 26.6 Å². The van der Waals surface area contributed by atoms with Crippen LogP contribution in [0, 0.1) is 6.92 Å². The number of thiophene rings is 1. The van der Waals surface area contributed by atoms with Crippen LogP contribution in [0.1, 0.15) is 66.5 Å². The van der Waals surface area contributed by atoms with Gasteiger partial charge in [-0.3, -0.25) is 9.36 Å². The molecule has 0 aromatic carbocycles. The molecule has 5 nitrogen and oxygen atoms in total. The van der Waals surface area contributed by atoms with Gasteiger partial charge in [0.05, 0.1) is 5.39 Å². The Balaban J connectivity index is 0.00000288. The Labute approximate surface area is 168 Å². The van der Waals surface area contributed by atoms with E-state index in [9.17, 15) is 14.7 Å². The Morgan fingerprint density at radius 1 is 1.21 bits per heavy atom. The fourth-order valence-electron chi connectivity index (χ4n) is 2.80. The predicted octanol–water partition coefficient (Wildman–Crippen LogP) is -0.426. The Morgan fingerprint density at radius 3 is 2.46 bits per heavy atom. The van der Waals surface area contributed by atoms with E-state index in [1.165, 1.54) is 50.5 Å². The average molecular weight is 358 g/mol. The number of carbonyl (C=O) groups excluding carboxylic acids is 1. The fourth-order valence-corrected chi connectivity index (χ4v) is 4.01. The van der Waals surface area contributed by atoms with Crippen molar-refractivity contribution in [2.45, 2.75) is 58.8 Å². The molecule has 7 heteroatoms. The standard InChI is InChI=1S/C17H24N2O3S.Na/c1-4-5-6-7-8-9-10-12-11(2)13-15(23-12)18-14(17(21)22)19(3)16(13)20;/h4-10H2,1-3H3,(H,21,22);/q;+1/p-1. The van der Waals surface area contributed by atoms with Crippen LogP contribution in [0.5, 0.6) is 0 Å². The molecule has 0 unspecified atom stereocenters. The molecule has 2 aromatic rings. The molecule has 0 radical (unpaired) electrons. The van der Waals surface area contributed by atoms with Crippen LogP contribution >= 0.6 is 11.3 Å². The van der Waals surface area contributed by atoms with Gasteiger partial charge in [-0.1, -0.05) is 39.0 Å². The summed E-state index contributed by atoms with van der Waals surface area (Å²) < 4.78 is 1.06. The number of aromatic nitrogens is 2. The minimum absolute atomic E-state index is 0. The topological polar surface area (TPSA) is 75.0 Å². The minimum atomic E-state index is -1.42. The van der Waals surface area contributed by atoms with Crippen LogP contribution in [-0.4, -0.2) is 15.5 Å². The third-order valence-corrected chi connectivity index (χ3v) is 5.46. The van der Waals surface area contributed by atoms with Crippen molar-refractivity contribution in [2.75, 3.05) is 0 Å². The molecule has 24 heavy (non-hydrogen) atoms. The Morgan fingerprint density at radius 2 is 1.83 bits per heavy atom. The van der Waals surface area contributed by atoms with Crippen LogP contribution in [0.25, 0.3) is 10.2 Å². The molecule has 0 saturated heterocycles. The molecule has 2 heterocycles. The summed E-state index contributed by atoms with van der Waals surface area (Å²) in [4.78, 5) is 29.2. The Hall–Kier alpha value is -0.690. The summed E-state index contributed by atoms with van der Waals surface area (Å²) in [6, 6.07) is 0. The number of carboxylic acids is 1. The molecule has 126 valence electrons. The zero-order chi connectivity index (χ0) is 17.0. The molecule has 0 spiro atoms. The largest absolute Gasteiger partial charge is 1.00 e. The second kappa shape index (κ2) is 9.70. The van der Waals surface area contributed by atoms with E-state index in [1.54, 1.807) is 0 Å². The first kappa shape index (κ1) is 21.4. The smallest absolute Gasteiger partial charge is 0.542 e. The van der Waals surface area contributed by atoms with Gasteiger partial charge in [-0.25, -0.2) is 4.98 Å². The first-order chi connectivity index (χ1) is 11.0. The van der Waals surface area contributed by atoms with E-state index in [0.29, 0.717) is 10.2 Å². The predicted molar refractivity (Wildman–Crippen MR) is 91.0 cm³/mol. The number of aryl methyl sites for hydroxylation is 2. The zero-order valence-corrected chi connectivity index (χ0v) is 17.8. The number of hydrogen-bond acceptors (Lipinski definition) is 5. The maximum absolute atomic E-state index is 12.4. The van der Waals surface area contributed by atoms with Gasteiger partial charge < -0.3 is 9.90 Å². The third kappa shape index (κ3) is 4.69. The van der Waals surface area contributed by atoms with Crippen molar-refractivity contribution in [1.29, 1.82) is 0 Å². The number of fused-ring (bicyclic) bond motifs is 1. The quantitative estimate of drug-likeness (QED) is 0.474. The van der Waals surface area contributed by atoms with Crippen molar-refractivity contribution in [3.63, 3.8) is 0 Å². The van der Waals surface area contributed by atoms with Gasteiger partial charge >= 0.3 is 29.6 Å². The SMILES string of the molecule is CCCCCCCCc1sc2nc(C(=O)[O-])n(C)c(=O)c2c1C.[Na+]. The van der Waals surface area contributed by atoms with E-state index in [4.69, 9.17) is 0 Å². The van der Waals surface area contributed by atoms with Gasteiger partial charge in [0.2, 0.25) is 0 Å². The van der Waals surface area contributed by atoms with Crippen LogP contribution < -0.4 is 40.2 Å². The van der Waals surface area contributed by atoms with E-state index in [2.05, 4.69) is 11.9 Å². The number of nitrogens with zero attached hydrogens (tertiary/aromatic N) is 2. The summed E-state index contributed by atoms with van der Waals surface area (Å²) in [6.45, 7) is 4.13. The molecule has 0 aliphatic heterocycles. The van der Waals surface area contributed by atoms with Crippen molar-refractivity contribution in [3.8, 4) is 0 Å². The molecule has 0 bridgehead atoms. The minimum Gasteiger partial charge on any atom is -0.542 e. The molecule has 2 aromatic heterocycles. The third-order valence-electron chi connectivity index (χ3n) is 4.21. The first-order valence-corrected chi connectivity index (χ1v) is 8.99. The second-order valence-electron chi connectivity index (χ2n) is 5.94. The van der Waals surface area contributed by atoms with Gasteiger partial charge in [-0.2, -0.15) is 0 Å². The Kier molecular flexibility index (Phi) is 8.63. The molecule has 2 rings (SSSR count). The maximum atomic E-state index is 12.4. The van der Waals surface area contributed by atoms with Gasteiger partial charge in [-0.15, -0.1) is 11.3 Å². The normalized spacial score (nSPS) is 10.8. The number of carboxylic acid groups (broad SMARTS) is 1. The molecule has 0 fully saturated rings. The number of unbranched alkanes of at least 4 members (excludes halogenated alkanes) is 5. The molecule has 0 amide bonds. The van der Waals surface area contributed by atoms with Crippen LogP contribution in [0.2, 0.25) is 0 Å². The maximum Gasteiger partial charge on any atom is 1.00 e. The molecule has 0 atom stereocenters. The molecular formula is C17H23N2NaO3S. The number of aromatic carboxylic acids is 1. The van der Waals surface area contributed by atoms with Crippen molar-refractivity contribution >= 4 is 27.5 Å². The molecule has 0 aliphatic rings. The summed E-state index contributed by atoms with van der Waals surface area (Å²) >= 11 is 1.43. The van der Waals surface area contributed by atoms with E-state index in [0.717, 1.165) is 27.8 Å². The van der Waals surface area contributed by atoms with E-state index in [-0.39, 0.29) is 40.9 Å². The fraction of sp³-hybridized carbons (Fsp3) is 0.588. The number of rotatable bonds is 8. The van der Waals surface area contributed by atoms with E-state index >= 15 is 0 Å². The van der Waals surface area contributed by atoms with E-state index in [1.807, 2.05) is 6.92 Å². The monoisotopic (exact) mass is 358 g/mol. The second-order valence-corrected chi connectivity index (χ2v) is 7.02. The summed E-state index contributed by atoms with van der Waals surface area (Å²) in [6.07, 6.45) is 8.24. The van der Waals surface area contributed by atoms with Crippen molar-refractivity contribution < 1.29 is 39.5 Å². The summed E-state index contributed by atoms with van der Waals surface area (Å²) in [5.74, 6) is -1.73. The van der Waals surface area contributed by atoms with Crippen molar-refractivity contribution in [2.24, 2.45) is 7.05 Å². The molecule has 0 N–H and O–H groups in total. The molecule has 0 saturated carbocycles. The summed E-state index contributed by atoms with van der Waals surface area (Å²) in [5.41, 5.74) is 0.633. The van der Waals surface area contributed by atoms with Gasteiger partial charge in [0, 0.05) is 11.9 Å². The average Bonchev–Trinajstić information content (AvgIpc) is 2.82. The summed E-state index contributed by atoms with van der Waals surface area (Å²) in [5, 5.41) is 11.6. The number of hydrogen-bond donors (Lipinski definition) is 0. The Bertz CT molecular complexity index is 767. The molecular weight excluding hydrogens is 335 g/mol. The van der Waals surface area contributed by atoms with Crippen molar-refractivity contribution in [1.82, 2.24) is 9.55 Å². The van der Waals surface area contributed by atoms with Crippen LogP contribution in [-0.2, 0) is 13.5 Å². The van der Waals surface area contributed by atoms with Crippen LogP contribution in [0.3, 0.4) is 0 Å². The van der Waals surface area contributed by atoms with Gasteiger partial charge in [0.1, 0.15) is 10.8 Å². The number of carbonyl (C=O) groups is 1. The van der Waals surface area contributed by atoms with Gasteiger partial charge in [0.25, 0.3) is 5.56 Å². The zero-order valence-electron chi connectivity index (χ0n) is 15.0. The van der Waals surface area contributed by atoms with Crippen LogP contribution in [0.15, 0.2) is 4.79 Å². The van der Waals surface area contributed by atoms with Gasteiger partial charge in [0.15, 0.2) is 5.82 Å². The van der Waals surface area contributed by atoms with Crippen LogP contribution in [0.4, 0.5) is 0 Å². The molecule has 0 aliphatic carbocycles. The summed E-state index contributed by atoms with van der Waals surface area (Å²) in [7, 11) is 1.42. The van der Waals surface area contributed by atoms with E-state index < -0.39 is 5.97 Å².